The molecular formula is C12H19N5. The zero-order chi connectivity index (χ0) is 12.1. The molecule has 5 nitrogen and oxygen atoms in total. The van der Waals surface area contributed by atoms with Crippen molar-refractivity contribution in [1.82, 2.24) is 24.6 Å². The Morgan fingerprint density at radius 3 is 3.12 bits per heavy atom. The van der Waals surface area contributed by atoms with Gasteiger partial charge in [0, 0.05) is 25.1 Å². The molecule has 0 saturated heterocycles. The molecule has 0 radical (unpaired) electrons. The van der Waals surface area contributed by atoms with E-state index < -0.39 is 0 Å². The third-order valence-electron chi connectivity index (χ3n) is 2.68. The molecule has 1 N–H and O–H groups in total. The van der Waals surface area contributed by atoms with Crippen molar-refractivity contribution in [2.24, 2.45) is 0 Å². The lowest BCUT2D eigenvalue weighted by molar-refractivity contribution is 0.318. The SMILES string of the molecule is CNCCCN(C)Cc1cn2cccnc2n1. The summed E-state index contributed by atoms with van der Waals surface area (Å²) in [5.41, 5.74) is 1.07. The Labute approximate surface area is 101 Å². The van der Waals surface area contributed by atoms with Crippen LogP contribution in [0.15, 0.2) is 24.7 Å². The van der Waals surface area contributed by atoms with Gasteiger partial charge in [-0.15, -0.1) is 0 Å². The number of fused-ring (bicyclic) bond motifs is 1. The number of nitrogens with zero attached hydrogens (tertiary/aromatic N) is 4. The van der Waals surface area contributed by atoms with Crippen LogP contribution in [0.2, 0.25) is 0 Å². The average Bonchev–Trinajstić information content (AvgIpc) is 2.71. The van der Waals surface area contributed by atoms with E-state index in [2.05, 4.69) is 27.2 Å². The van der Waals surface area contributed by atoms with Gasteiger partial charge >= 0.3 is 0 Å². The van der Waals surface area contributed by atoms with Gasteiger partial charge in [0.25, 0.3) is 0 Å². The highest BCUT2D eigenvalue weighted by atomic mass is 15.1. The maximum atomic E-state index is 4.48. The Kier molecular flexibility index (Phi) is 4.06. The first-order valence-corrected chi connectivity index (χ1v) is 5.91. The minimum Gasteiger partial charge on any atom is -0.320 e. The highest BCUT2D eigenvalue weighted by molar-refractivity contribution is 5.29. The van der Waals surface area contributed by atoms with Gasteiger partial charge in [-0.2, -0.15) is 0 Å². The number of hydrogen-bond acceptors (Lipinski definition) is 4. The van der Waals surface area contributed by atoms with E-state index in [1.54, 1.807) is 6.20 Å². The molecule has 0 saturated carbocycles. The summed E-state index contributed by atoms with van der Waals surface area (Å²) in [5.74, 6) is 0.770. The van der Waals surface area contributed by atoms with Crippen LogP contribution in [-0.2, 0) is 6.54 Å². The maximum Gasteiger partial charge on any atom is 0.233 e. The van der Waals surface area contributed by atoms with Crippen molar-refractivity contribution >= 4 is 5.78 Å². The molecule has 92 valence electrons. The van der Waals surface area contributed by atoms with Crippen LogP contribution in [0, 0.1) is 0 Å². The van der Waals surface area contributed by atoms with E-state index in [0.29, 0.717) is 0 Å². The van der Waals surface area contributed by atoms with Gasteiger partial charge in [-0.25, -0.2) is 9.97 Å². The fourth-order valence-electron chi connectivity index (χ4n) is 1.84. The van der Waals surface area contributed by atoms with Gasteiger partial charge in [0.1, 0.15) is 0 Å². The molecule has 17 heavy (non-hydrogen) atoms. The second-order valence-corrected chi connectivity index (χ2v) is 4.25. The lowest BCUT2D eigenvalue weighted by Gasteiger charge is -2.14. The number of imidazole rings is 1. The van der Waals surface area contributed by atoms with E-state index in [-0.39, 0.29) is 0 Å². The molecule has 0 atom stereocenters. The molecule has 0 aromatic carbocycles. The molecule has 2 aromatic rings. The third kappa shape index (κ3) is 3.25. The van der Waals surface area contributed by atoms with Crippen molar-refractivity contribution in [2.75, 3.05) is 27.2 Å². The van der Waals surface area contributed by atoms with Gasteiger partial charge in [-0.1, -0.05) is 0 Å². The molecular weight excluding hydrogens is 214 g/mol. The van der Waals surface area contributed by atoms with Crippen molar-refractivity contribution in [3.8, 4) is 0 Å². The molecule has 2 aromatic heterocycles. The summed E-state index contributed by atoms with van der Waals surface area (Å²) in [6, 6.07) is 1.91. The molecule has 0 spiro atoms. The number of hydrogen-bond donors (Lipinski definition) is 1. The largest absolute Gasteiger partial charge is 0.320 e. The average molecular weight is 233 g/mol. The smallest absolute Gasteiger partial charge is 0.233 e. The van der Waals surface area contributed by atoms with Crippen LogP contribution < -0.4 is 5.32 Å². The zero-order valence-electron chi connectivity index (χ0n) is 10.4. The fourth-order valence-corrected chi connectivity index (χ4v) is 1.84. The summed E-state index contributed by atoms with van der Waals surface area (Å²) in [6.45, 7) is 2.99. The van der Waals surface area contributed by atoms with Gasteiger partial charge in [0.15, 0.2) is 0 Å². The highest BCUT2D eigenvalue weighted by Crippen LogP contribution is 2.04. The van der Waals surface area contributed by atoms with Crippen molar-refractivity contribution < 1.29 is 0 Å². The summed E-state index contributed by atoms with van der Waals surface area (Å²) >= 11 is 0. The van der Waals surface area contributed by atoms with E-state index in [1.807, 2.05) is 29.9 Å². The molecule has 0 aliphatic heterocycles. The summed E-state index contributed by atoms with van der Waals surface area (Å²) in [6.07, 6.45) is 6.93. The molecule has 0 fully saturated rings. The second-order valence-electron chi connectivity index (χ2n) is 4.25. The van der Waals surface area contributed by atoms with Crippen molar-refractivity contribution in [3.05, 3.63) is 30.4 Å². The Morgan fingerprint density at radius 2 is 2.35 bits per heavy atom. The van der Waals surface area contributed by atoms with Gasteiger partial charge in [0.05, 0.1) is 5.69 Å². The Bertz CT molecular complexity index is 432. The first kappa shape index (κ1) is 12.0. The van der Waals surface area contributed by atoms with Crippen LogP contribution in [0.1, 0.15) is 12.1 Å². The minimum absolute atomic E-state index is 0.770. The molecule has 0 aliphatic rings. The van der Waals surface area contributed by atoms with Gasteiger partial charge in [0.2, 0.25) is 5.78 Å². The van der Waals surface area contributed by atoms with Crippen LogP contribution in [0.4, 0.5) is 0 Å². The predicted molar refractivity (Wildman–Crippen MR) is 67.9 cm³/mol. The quantitative estimate of drug-likeness (QED) is 0.749. The lowest BCUT2D eigenvalue weighted by atomic mass is 10.3. The van der Waals surface area contributed by atoms with Crippen LogP contribution in [0.25, 0.3) is 5.78 Å². The Morgan fingerprint density at radius 1 is 1.47 bits per heavy atom. The first-order chi connectivity index (χ1) is 8.29. The minimum atomic E-state index is 0.770. The molecule has 0 unspecified atom stereocenters. The molecule has 0 amide bonds. The Hall–Kier alpha value is -1.46. The summed E-state index contributed by atoms with van der Waals surface area (Å²) < 4.78 is 1.96. The fraction of sp³-hybridized carbons (Fsp3) is 0.500. The van der Waals surface area contributed by atoms with Gasteiger partial charge in [-0.3, -0.25) is 4.40 Å². The number of nitrogens with one attached hydrogen (secondary N) is 1. The normalized spacial score (nSPS) is 11.5. The van der Waals surface area contributed by atoms with Crippen LogP contribution in [0.3, 0.4) is 0 Å². The number of aromatic nitrogens is 3. The van der Waals surface area contributed by atoms with Crippen LogP contribution in [0.5, 0.6) is 0 Å². The first-order valence-electron chi connectivity index (χ1n) is 5.91. The van der Waals surface area contributed by atoms with E-state index >= 15 is 0 Å². The summed E-state index contributed by atoms with van der Waals surface area (Å²) in [4.78, 5) is 11.0. The third-order valence-corrected chi connectivity index (χ3v) is 2.68. The maximum absolute atomic E-state index is 4.48. The van der Waals surface area contributed by atoms with Crippen molar-refractivity contribution in [3.63, 3.8) is 0 Å². The van der Waals surface area contributed by atoms with E-state index in [1.165, 1.54) is 0 Å². The second kappa shape index (κ2) is 5.75. The highest BCUT2D eigenvalue weighted by Gasteiger charge is 2.05. The number of rotatable bonds is 6. The molecule has 2 heterocycles. The van der Waals surface area contributed by atoms with Gasteiger partial charge < -0.3 is 10.2 Å². The Balaban J connectivity index is 1.93. The monoisotopic (exact) mass is 233 g/mol. The van der Waals surface area contributed by atoms with E-state index in [9.17, 15) is 0 Å². The van der Waals surface area contributed by atoms with E-state index in [4.69, 9.17) is 0 Å². The van der Waals surface area contributed by atoms with Crippen LogP contribution >= 0.6 is 0 Å². The lowest BCUT2D eigenvalue weighted by Crippen LogP contribution is -2.22. The molecule has 0 bridgehead atoms. The summed E-state index contributed by atoms with van der Waals surface area (Å²) in [5, 5.41) is 3.15. The standard InChI is InChI=1S/C12H19N5/c1-13-5-3-7-16(2)9-11-10-17-8-4-6-14-12(17)15-11/h4,6,8,10,13H,3,5,7,9H2,1-2H3. The topological polar surface area (TPSA) is 45.5 Å². The molecule has 0 aliphatic carbocycles. The van der Waals surface area contributed by atoms with Crippen molar-refractivity contribution in [1.29, 1.82) is 0 Å². The van der Waals surface area contributed by atoms with E-state index in [0.717, 1.165) is 37.5 Å². The van der Waals surface area contributed by atoms with Crippen molar-refractivity contribution in [2.45, 2.75) is 13.0 Å². The zero-order valence-corrected chi connectivity index (χ0v) is 10.4. The van der Waals surface area contributed by atoms with Gasteiger partial charge in [-0.05, 0) is 39.7 Å². The summed E-state index contributed by atoms with van der Waals surface area (Å²) in [7, 11) is 4.10. The molecule has 2 rings (SSSR count). The predicted octanol–water partition coefficient (Wildman–Crippen LogP) is 0.771. The molecule has 5 heteroatoms. The van der Waals surface area contributed by atoms with Crippen LogP contribution in [-0.4, -0.2) is 46.5 Å².